The van der Waals surface area contributed by atoms with Gasteiger partial charge in [-0.1, -0.05) is 51.9 Å². The first-order valence-corrected chi connectivity index (χ1v) is 16.8. The maximum Gasteiger partial charge on any atom is 0.417 e. The number of alkyl halides is 3. The smallest absolute Gasteiger partial charge is 0.417 e. The number of amides is 1. The molecule has 0 aromatic rings. The van der Waals surface area contributed by atoms with Crippen molar-refractivity contribution in [3.8, 4) is 0 Å². The van der Waals surface area contributed by atoms with E-state index in [2.05, 4.69) is 5.32 Å². The second kappa shape index (κ2) is 17.0. The van der Waals surface area contributed by atoms with Gasteiger partial charge in [0.25, 0.3) is 0 Å². The van der Waals surface area contributed by atoms with Gasteiger partial charge in [-0.2, -0.15) is 13.2 Å². The van der Waals surface area contributed by atoms with E-state index < -0.39 is 104 Å². The molecule has 2 saturated heterocycles. The molecule has 2 aliphatic heterocycles. The molecular weight excluding hydrogens is 651 g/mol. The maximum atomic E-state index is 13.6. The van der Waals surface area contributed by atoms with Crippen molar-refractivity contribution in [3.63, 3.8) is 0 Å². The third-order valence-electron chi connectivity index (χ3n) is 10.0. The molecule has 2 saturated carbocycles. The molecule has 14 nitrogen and oxygen atoms in total. The fraction of sp³-hybridized carbons (Fsp3) is 0.935. The first-order valence-electron chi connectivity index (χ1n) is 16.8. The van der Waals surface area contributed by atoms with Gasteiger partial charge in [0.15, 0.2) is 24.8 Å². The summed E-state index contributed by atoms with van der Waals surface area (Å²) in [6.07, 6.45) is -19.2. The predicted octanol–water partition coefficient (Wildman–Crippen LogP) is 0.728. The van der Waals surface area contributed by atoms with Crippen LogP contribution in [-0.4, -0.2) is 135 Å². The average Bonchev–Trinajstić information content (AvgIpc) is 3.03. The van der Waals surface area contributed by atoms with E-state index in [1.54, 1.807) is 0 Å². The molecule has 48 heavy (non-hydrogen) atoms. The lowest BCUT2D eigenvalue weighted by Crippen LogP contribution is -2.67. The summed E-state index contributed by atoms with van der Waals surface area (Å²) in [5.41, 5.74) is 0. The summed E-state index contributed by atoms with van der Waals surface area (Å²) >= 11 is 0. The molecule has 278 valence electrons. The predicted molar refractivity (Wildman–Crippen MR) is 157 cm³/mol. The Labute approximate surface area is 276 Å². The van der Waals surface area contributed by atoms with Crippen molar-refractivity contribution in [1.82, 2.24) is 5.32 Å². The molecule has 17 heteroatoms. The van der Waals surface area contributed by atoms with Crippen LogP contribution in [0.2, 0.25) is 0 Å². The van der Waals surface area contributed by atoms with Crippen LogP contribution in [-0.2, 0) is 33.3 Å². The molecule has 5 unspecified atom stereocenters. The van der Waals surface area contributed by atoms with Gasteiger partial charge in [-0.15, -0.1) is 0 Å². The van der Waals surface area contributed by atoms with Gasteiger partial charge in [0, 0.05) is 6.92 Å². The summed E-state index contributed by atoms with van der Waals surface area (Å²) in [5.74, 6) is -2.11. The standard InChI is InChI=1S/C31H50F3NO13/c1-3-16-10-7-11-17(25(16)47-30-24(41)22(39)23(40)27(48-30)31(32,33)34)45-29-20(35-14(2)37)26(21(38)19(13-36)46-29)44-18(28(42)43)12-15-8-5-4-6-9-15/h15-27,29-30,36,38-41H,3-13H2,1-2H3,(H,35,37)(H,42,43)/t16?,17-,18+,19+,20?,21+,22+,23?,24+,25-,26?,27-,29-,30?/m1/s1. The molecule has 2 heterocycles. The second-order valence-electron chi connectivity index (χ2n) is 13.4. The highest BCUT2D eigenvalue weighted by Gasteiger charge is 2.57. The SMILES string of the molecule is CCC1CCC[C@@H](O[C@@H]2O[C@@H](CO)[C@H](O)C(O[C@@H](CC3CCCCC3)C(=O)O)C2NC(C)=O)[C@@H]1OC1O[C@@H](C(F)(F)F)C(O)[C@H](O)[C@@H]1O. The van der Waals surface area contributed by atoms with Gasteiger partial charge in [0.2, 0.25) is 5.91 Å². The zero-order chi connectivity index (χ0) is 35.3. The molecule has 0 bridgehead atoms. The van der Waals surface area contributed by atoms with Crippen LogP contribution in [0, 0.1) is 11.8 Å². The van der Waals surface area contributed by atoms with Crippen LogP contribution in [0.4, 0.5) is 13.2 Å². The van der Waals surface area contributed by atoms with Crippen LogP contribution in [0.15, 0.2) is 0 Å². The number of carbonyl (C=O) groups excluding carboxylic acids is 1. The van der Waals surface area contributed by atoms with Crippen molar-refractivity contribution in [2.75, 3.05) is 6.61 Å². The highest BCUT2D eigenvalue weighted by atomic mass is 19.4. The highest BCUT2D eigenvalue weighted by molar-refractivity contribution is 5.73. The van der Waals surface area contributed by atoms with Gasteiger partial charge in [0.05, 0.1) is 18.8 Å². The lowest BCUT2D eigenvalue weighted by atomic mass is 9.82. The Morgan fingerprint density at radius 2 is 1.56 bits per heavy atom. The third kappa shape index (κ3) is 9.35. The minimum absolute atomic E-state index is 0.0804. The molecule has 4 rings (SSSR count). The zero-order valence-electron chi connectivity index (χ0n) is 27.1. The number of carbonyl (C=O) groups is 2. The molecule has 1 amide bonds. The largest absolute Gasteiger partial charge is 0.479 e. The van der Waals surface area contributed by atoms with Crippen molar-refractivity contribution >= 4 is 11.9 Å². The number of aliphatic hydroxyl groups is 5. The molecule has 4 aliphatic rings. The number of aliphatic hydroxyl groups excluding tert-OH is 5. The van der Waals surface area contributed by atoms with Crippen molar-refractivity contribution in [2.45, 2.75) is 164 Å². The van der Waals surface area contributed by atoms with Gasteiger partial charge < -0.3 is 59.6 Å². The first kappa shape index (κ1) is 39.1. The molecule has 0 aromatic heterocycles. The number of ether oxygens (including phenoxy) is 5. The quantitative estimate of drug-likeness (QED) is 0.150. The molecule has 14 atom stereocenters. The number of halogens is 3. The van der Waals surface area contributed by atoms with Crippen LogP contribution < -0.4 is 5.32 Å². The van der Waals surface area contributed by atoms with Crippen molar-refractivity contribution in [2.24, 2.45) is 11.8 Å². The number of carboxylic acids is 1. The summed E-state index contributed by atoms with van der Waals surface area (Å²) in [7, 11) is 0. The summed E-state index contributed by atoms with van der Waals surface area (Å²) in [6.45, 7) is 2.28. The number of rotatable bonds is 12. The summed E-state index contributed by atoms with van der Waals surface area (Å²) in [5, 5.41) is 64.6. The average molecular weight is 702 g/mol. The minimum Gasteiger partial charge on any atom is -0.479 e. The Morgan fingerprint density at radius 3 is 2.15 bits per heavy atom. The van der Waals surface area contributed by atoms with Gasteiger partial charge >= 0.3 is 12.1 Å². The fourth-order valence-corrected chi connectivity index (χ4v) is 7.42. The van der Waals surface area contributed by atoms with Crippen molar-refractivity contribution in [1.29, 1.82) is 0 Å². The zero-order valence-corrected chi connectivity index (χ0v) is 27.1. The van der Waals surface area contributed by atoms with Crippen molar-refractivity contribution < 1.29 is 77.1 Å². The number of aliphatic carboxylic acids is 1. The summed E-state index contributed by atoms with van der Waals surface area (Å²) in [4.78, 5) is 24.7. The Kier molecular flexibility index (Phi) is 13.9. The molecule has 0 aromatic carbocycles. The van der Waals surface area contributed by atoms with Crippen LogP contribution in [0.25, 0.3) is 0 Å². The molecule has 0 spiro atoms. The third-order valence-corrected chi connectivity index (χ3v) is 10.0. The molecular formula is C31H50F3NO13. The lowest BCUT2D eigenvalue weighted by molar-refractivity contribution is -0.372. The van der Waals surface area contributed by atoms with E-state index >= 15 is 0 Å². The van der Waals surface area contributed by atoms with E-state index in [9.17, 15) is 53.4 Å². The summed E-state index contributed by atoms with van der Waals surface area (Å²) in [6, 6.07) is -1.29. The van der Waals surface area contributed by atoms with Crippen LogP contribution in [0.1, 0.15) is 78.1 Å². The van der Waals surface area contributed by atoms with Crippen molar-refractivity contribution in [3.05, 3.63) is 0 Å². The Morgan fingerprint density at radius 1 is 0.875 bits per heavy atom. The van der Waals surface area contributed by atoms with Crippen LogP contribution >= 0.6 is 0 Å². The maximum absolute atomic E-state index is 13.6. The fourth-order valence-electron chi connectivity index (χ4n) is 7.42. The van der Waals surface area contributed by atoms with E-state index in [1.807, 2.05) is 6.92 Å². The van der Waals surface area contributed by atoms with E-state index in [4.69, 9.17) is 23.7 Å². The Hall–Kier alpha value is -1.67. The van der Waals surface area contributed by atoms with Gasteiger partial charge in [-0.3, -0.25) is 4.79 Å². The van der Waals surface area contributed by atoms with Gasteiger partial charge in [0.1, 0.15) is 42.7 Å². The number of nitrogens with one attached hydrogen (secondary N) is 1. The van der Waals surface area contributed by atoms with E-state index in [-0.39, 0.29) is 24.7 Å². The molecule has 7 N–H and O–H groups in total. The van der Waals surface area contributed by atoms with E-state index in [0.29, 0.717) is 19.3 Å². The molecule has 2 aliphatic carbocycles. The molecule has 0 radical (unpaired) electrons. The van der Waals surface area contributed by atoms with Gasteiger partial charge in [-0.05, 0) is 31.1 Å². The highest BCUT2D eigenvalue weighted by Crippen LogP contribution is 2.39. The number of hydrogen-bond acceptors (Lipinski definition) is 12. The molecule has 4 fully saturated rings. The van der Waals surface area contributed by atoms with E-state index in [0.717, 1.165) is 32.1 Å². The monoisotopic (exact) mass is 701 g/mol. The minimum atomic E-state index is -5.09. The van der Waals surface area contributed by atoms with Crippen LogP contribution in [0.5, 0.6) is 0 Å². The Bertz CT molecular complexity index is 1050. The summed E-state index contributed by atoms with van der Waals surface area (Å²) < 4.78 is 70.0. The Balaban J connectivity index is 1.59. The number of hydrogen-bond donors (Lipinski definition) is 7. The number of carboxylic acid groups (broad SMARTS) is 1. The second-order valence-corrected chi connectivity index (χ2v) is 13.4. The van der Waals surface area contributed by atoms with E-state index in [1.165, 1.54) is 6.92 Å². The first-order chi connectivity index (χ1) is 22.7. The van der Waals surface area contributed by atoms with Crippen LogP contribution in [0.3, 0.4) is 0 Å². The van der Waals surface area contributed by atoms with Gasteiger partial charge in [-0.25, -0.2) is 4.79 Å². The topological polar surface area (TPSA) is 214 Å². The lowest BCUT2D eigenvalue weighted by Gasteiger charge is -2.48. The normalized spacial score (nSPS) is 40.7.